The van der Waals surface area contributed by atoms with E-state index in [1.165, 1.54) is 12.1 Å². The Morgan fingerprint density at radius 3 is 2.29 bits per heavy atom. The zero-order valence-corrected chi connectivity index (χ0v) is 13.3. The van der Waals surface area contributed by atoms with Gasteiger partial charge >= 0.3 is 0 Å². The highest BCUT2D eigenvalue weighted by molar-refractivity contribution is 5.60. The summed E-state index contributed by atoms with van der Waals surface area (Å²) in [6, 6.07) is 12.9. The van der Waals surface area contributed by atoms with Gasteiger partial charge in [0.25, 0.3) is 0 Å². The van der Waals surface area contributed by atoms with Crippen molar-refractivity contribution in [2.24, 2.45) is 0 Å². The van der Waals surface area contributed by atoms with Crippen LogP contribution in [0.5, 0.6) is 0 Å². The number of hydrogen-bond donors (Lipinski definition) is 2. The quantitative estimate of drug-likeness (QED) is 0.719. The second-order valence-electron chi connectivity index (χ2n) is 5.46. The minimum atomic E-state index is -0.701. The maximum absolute atomic E-state index is 13.7. The van der Waals surface area contributed by atoms with Crippen molar-refractivity contribution in [3.8, 4) is 0 Å². The van der Waals surface area contributed by atoms with Crippen molar-refractivity contribution < 1.29 is 8.78 Å². The van der Waals surface area contributed by atoms with E-state index in [0.717, 1.165) is 17.3 Å². The molecule has 0 saturated heterocycles. The molecule has 1 heterocycles. The van der Waals surface area contributed by atoms with Crippen molar-refractivity contribution in [1.29, 1.82) is 0 Å². The molecular formula is C18H16F2N4. The fraction of sp³-hybridized carbons (Fsp3) is 0.111. The number of halogens is 2. The average molecular weight is 326 g/mol. The SMILES string of the molecule is Cc1ccc(Nc2cc(C)nc(Nc3ccc(F)cc3F)n2)cc1. The number of hydrogen-bond acceptors (Lipinski definition) is 4. The van der Waals surface area contributed by atoms with Crippen molar-refractivity contribution in [2.75, 3.05) is 10.6 Å². The van der Waals surface area contributed by atoms with Crippen molar-refractivity contribution in [3.63, 3.8) is 0 Å². The van der Waals surface area contributed by atoms with Gasteiger partial charge in [0.2, 0.25) is 5.95 Å². The summed E-state index contributed by atoms with van der Waals surface area (Å²) >= 11 is 0. The Hall–Kier alpha value is -3.02. The molecule has 0 aliphatic rings. The van der Waals surface area contributed by atoms with Crippen molar-refractivity contribution in [3.05, 3.63) is 71.4 Å². The van der Waals surface area contributed by atoms with Crippen LogP contribution in [0.3, 0.4) is 0 Å². The molecule has 0 aliphatic carbocycles. The van der Waals surface area contributed by atoms with Gasteiger partial charge in [0, 0.05) is 23.5 Å². The van der Waals surface area contributed by atoms with Crippen molar-refractivity contribution in [2.45, 2.75) is 13.8 Å². The highest BCUT2D eigenvalue weighted by atomic mass is 19.1. The lowest BCUT2D eigenvalue weighted by Crippen LogP contribution is -2.03. The van der Waals surface area contributed by atoms with Gasteiger partial charge < -0.3 is 10.6 Å². The average Bonchev–Trinajstić information content (AvgIpc) is 2.52. The lowest BCUT2D eigenvalue weighted by atomic mass is 10.2. The van der Waals surface area contributed by atoms with E-state index in [4.69, 9.17) is 0 Å². The lowest BCUT2D eigenvalue weighted by Gasteiger charge is -2.10. The Bertz CT molecular complexity index is 863. The van der Waals surface area contributed by atoms with Crippen LogP contribution in [0.25, 0.3) is 0 Å². The molecule has 0 bridgehead atoms. The lowest BCUT2D eigenvalue weighted by molar-refractivity contribution is 0.586. The molecule has 4 nitrogen and oxygen atoms in total. The molecule has 0 radical (unpaired) electrons. The number of anilines is 4. The van der Waals surface area contributed by atoms with E-state index >= 15 is 0 Å². The number of nitrogens with zero attached hydrogens (tertiary/aromatic N) is 2. The molecule has 3 rings (SSSR count). The van der Waals surface area contributed by atoms with Gasteiger partial charge in [0.15, 0.2) is 0 Å². The summed E-state index contributed by atoms with van der Waals surface area (Å²) in [4.78, 5) is 8.54. The fourth-order valence-corrected chi connectivity index (χ4v) is 2.18. The van der Waals surface area contributed by atoms with Gasteiger partial charge in [-0.15, -0.1) is 0 Å². The smallest absolute Gasteiger partial charge is 0.229 e. The highest BCUT2D eigenvalue weighted by Crippen LogP contribution is 2.21. The van der Waals surface area contributed by atoms with Crippen LogP contribution in [0.15, 0.2) is 48.5 Å². The van der Waals surface area contributed by atoms with Gasteiger partial charge in [-0.3, -0.25) is 0 Å². The van der Waals surface area contributed by atoms with E-state index in [9.17, 15) is 8.78 Å². The van der Waals surface area contributed by atoms with Gasteiger partial charge in [-0.05, 0) is 38.1 Å². The first-order chi connectivity index (χ1) is 11.5. The third-order valence-corrected chi connectivity index (χ3v) is 3.36. The zero-order chi connectivity index (χ0) is 17.1. The summed E-state index contributed by atoms with van der Waals surface area (Å²) in [5.74, 6) is -0.524. The first kappa shape index (κ1) is 15.9. The van der Waals surface area contributed by atoms with Crippen molar-refractivity contribution in [1.82, 2.24) is 9.97 Å². The van der Waals surface area contributed by atoms with E-state index in [1.807, 2.05) is 38.1 Å². The molecule has 0 amide bonds. The maximum atomic E-state index is 13.7. The van der Waals surface area contributed by atoms with Crippen LogP contribution >= 0.6 is 0 Å². The normalized spacial score (nSPS) is 10.5. The number of aryl methyl sites for hydroxylation is 2. The van der Waals surface area contributed by atoms with Crippen LogP contribution in [-0.2, 0) is 0 Å². The Morgan fingerprint density at radius 1 is 0.833 bits per heavy atom. The zero-order valence-electron chi connectivity index (χ0n) is 13.3. The maximum Gasteiger partial charge on any atom is 0.229 e. The Kier molecular flexibility index (Phi) is 4.37. The second-order valence-corrected chi connectivity index (χ2v) is 5.46. The predicted molar refractivity (Wildman–Crippen MR) is 90.9 cm³/mol. The highest BCUT2D eigenvalue weighted by Gasteiger charge is 2.08. The molecule has 6 heteroatoms. The van der Waals surface area contributed by atoms with E-state index < -0.39 is 11.6 Å². The summed E-state index contributed by atoms with van der Waals surface area (Å²) in [7, 11) is 0. The van der Waals surface area contributed by atoms with Gasteiger partial charge in [-0.1, -0.05) is 17.7 Å². The molecule has 0 spiro atoms. The number of rotatable bonds is 4. The molecule has 2 aromatic carbocycles. The van der Waals surface area contributed by atoms with E-state index in [1.54, 1.807) is 6.07 Å². The molecule has 122 valence electrons. The summed E-state index contributed by atoms with van der Waals surface area (Å²) in [6.45, 7) is 3.83. The molecule has 0 aliphatic heterocycles. The molecule has 1 aromatic heterocycles. The molecule has 3 aromatic rings. The van der Waals surface area contributed by atoms with Crippen LogP contribution in [-0.4, -0.2) is 9.97 Å². The molecule has 0 fully saturated rings. The summed E-state index contributed by atoms with van der Waals surface area (Å²) < 4.78 is 26.7. The molecule has 0 saturated carbocycles. The van der Waals surface area contributed by atoms with Crippen LogP contribution in [0.2, 0.25) is 0 Å². The number of aromatic nitrogens is 2. The minimum absolute atomic E-state index is 0.114. The van der Waals surface area contributed by atoms with Crippen molar-refractivity contribution >= 4 is 23.1 Å². The minimum Gasteiger partial charge on any atom is -0.340 e. The summed E-state index contributed by atoms with van der Waals surface area (Å²) in [6.07, 6.45) is 0. The van der Waals surface area contributed by atoms with Crippen LogP contribution in [0.1, 0.15) is 11.3 Å². The third-order valence-electron chi connectivity index (χ3n) is 3.36. The largest absolute Gasteiger partial charge is 0.340 e. The number of benzene rings is 2. The van der Waals surface area contributed by atoms with Gasteiger partial charge in [-0.2, -0.15) is 4.98 Å². The summed E-state index contributed by atoms with van der Waals surface area (Å²) in [5, 5.41) is 5.95. The Balaban J connectivity index is 1.84. The van der Waals surface area contributed by atoms with E-state index in [2.05, 4.69) is 20.6 Å². The standard InChI is InChI=1S/C18H16F2N4/c1-11-3-6-14(7-4-11)22-17-9-12(2)21-18(24-17)23-16-8-5-13(19)10-15(16)20/h3-10H,1-2H3,(H2,21,22,23,24). The van der Waals surface area contributed by atoms with Gasteiger partial charge in [0.05, 0.1) is 5.69 Å². The molecule has 24 heavy (non-hydrogen) atoms. The first-order valence-electron chi connectivity index (χ1n) is 7.41. The topological polar surface area (TPSA) is 49.8 Å². The summed E-state index contributed by atoms with van der Waals surface area (Å²) in [5.41, 5.74) is 2.87. The molecular weight excluding hydrogens is 310 g/mol. The van der Waals surface area contributed by atoms with Gasteiger partial charge in [-0.25, -0.2) is 13.8 Å². The Labute approximate surface area is 138 Å². The molecule has 0 atom stereocenters. The Morgan fingerprint density at radius 2 is 1.58 bits per heavy atom. The van der Waals surface area contributed by atoms with Gasteiger partial charge in [0.1, 0.15) is 17.5 Å². The second kappa shape index (κ2) is 6.62. The van der Waals surface area contributed by atoms with Crippen LogP contribution in [0, 0.1) is 25.5 Å². The fourth-order valence-electron chi connectivity index (χ4n) is 2.18. The van der Waals surface area contributed by atoms with E-state index in [-0.39, 0.29) is 11.6 Å². The molecule has 2 N–H and O–H groups in total. The first-order valence-corrected chi connectivity index (χ1v) is 7.41. The van der Waals surface area contributed by atoms with E-state index in [0.29, 0.717) is 11.5 Å². The number of nitrogens with one attached hydrogen (secondary N) is 2. The molecule has 0 unspecified atom stereocenters. The van der Waals surface area contributed by atoms with Crippen LogP contribution in [0.4, 0.5) is 31.9 Å². The monoisotopic (exact) mass is 326 g/mol. The predicted octanol–water partition coefficient (Wildman–Crippen LogP) is 4.86. The third kappa shape index (κ3) is 3.84. The van der Waals surface area contributed by atoms with Crippen LogP contribution < -0.4 is 10.6 Å².